The molecule has 0 bridgehead atoms. The molecule has 27 nitrogen and oxygen atoms in total. The van der Waals surface area contributed by atoms with Gasteiger partial charge in [0.15, 0.2) is 18.9 Å². The molecule has 28 heteroatoms. The minimum atomic E-state index is -3.65. The number of aliphatic hydroxyl groups is 2. The van der Waals surface area contributed by atoms with E-state index in [1.165, 1.54) is 45.2 Å². The molecule has 7 aliphatic heterocycles. The number of anilines is 1. The minimum Gasteiger partial charge on any atom is -0.475 e. The Kier molecular flexibility index (Phi) is 37.0. The fourth-order valence-corrected chi connectivity index (χ4v) is 20.4. The summed E-state index contributed by atoms with van der Waals surface area (Å²) in [4.78, 5) is 19.6. The van der Waals surface area contributed by atoms with Crippen molar-refractivity contribution < 1.29 is 89.1 Å². The predicted molar refractivity (Wildman–Crippen MR) is 552 cm³/mol. The lowest BCUT2D eigenvalue weighted by molar-refractivity contribution is -0.165. The largest absolute Gasteiger partial charge is 0.475 e. The van der Waals surface area contributed by atoms with Crippen LogP contribution >= 0.6 is 0 Å². The normalized spacial score (nSPS) is 18.9. The summed E-state index contributed by atoms with van der Waals surface area (Å²) in [5, 5.41) is 19.6. The molecular weight excluding hydrogens is 1820 g/mol. The number of hydrogen-bond acceptors (Lipinski definition) is 24. The van der Waals surface area contributed by atoms with Crippen LogP contribution in [0.3, 0.4) is 0 Å². The second-order valence-corrected chi connectivity index (χ2v) is 41.3. The SMILES string of the molecule is Cc1ccc(-n2c(C)ccc2C)cc1-c1cc(OCCOC2CCCCO2)nc(C2(C)CCOCC2)c1.Cc1ccc(-n2c(C)ccc2C)cc1-c1cc(OCCOC2CCCCO2)nc(C2(CO)CCOCC2)c1.Cc1ccc(-n2c(C)ccc2C)cc1-c1cc(OCCOC2CCCCO2)nc(C2(COS(C)(=O)=O)CCOCC2)c1.Cc1ccc(N)cc1-c1cc(OCCO)nc(C2(C)CCOCC2)c1. The number of pyridine rings is 4. The first-order chi connectivity index (χ1) is 68.6. The van der Waals surface area contributed by atoms with E-state index in [0.717, 1.165) is 250 Å². The van der Waals surface area contributed by atoms with E-state index in [9.17, 15) is 13.5 Å². The molecule has 142 heavy (non-hydrogen) atoms. The molecule has 7 aromatic heterocycles. The Labute approximate surface area is 839 Å². The van der Waals surface area contributed by atoms with E-state index in [4.69, 9.17) is 101 Å². The highest BCUT2D eigenvalue weighted by Gasteiger charge is 2.41. The summed E-state index contributed by atoms with van der Waals surface area (Å²) < 4.78 is 118. The number of nitrogens with zero attached hydrogens (tertiary/aromatic N) is 7. The molecule has 4 aromatic carbocycles. The lowest BCUT2D eigenvalue weighted by Crippen LogP contribution is -2.39. The molecule has 764 valence electrons. The Bertz CT molecular complexity index is 6030. The summed E-state index contributed by atoms with van der Waals surface area (Å²) in [7, 11) is -3.65. The molecule has 0 radical (unpaired) electrons. The van der Waals surface area contributed by atoms with Crippen LogP contribution in [0.2, 0.25) is 0 Å². The van der Waals surface area contributed by atoms with Gasteiger partial charge in [0.25, 0.3) is 10.1 Å². The third kappa shape index (κ3) is 27.5. The van der Waals surface area contributed by atoms with E-state index in [1.54, 1.807) is 0 Å². The molecule has 4 N–H and O–H groups in total. The maximum absolute atomic E-state index is 12.0. The van der Waals surface area contributed by atoms with Crippen molar-refractivity contribution in [2.45, 2.75) is 233 Å². The number of benzene rings is 4. The molecule has 14 heterocycles. The Morgan fingerprint density at radius 2 is 0.648 bits per heavy atom. The van der Waals surface area contributed by atoms with Gasteiger partial charge in [-0.1, -0.05) is 38.1 Å². The van der Waals surface area contributed by atoms with Crippen molar-refractivity contribution >= 4 is 15.8 Å². The van der Waals surface area contributed by atoms with E-state index >= 15 is 0 Å². The minimum absolute atomic E-state index is 0.00596. The van der Waals surface area contributed by atoms with Gasteiger partial charge in [0.1, 0.15) is 26.4 Å². The quantitative estimate of drug-likeness (QED) is 0.0195. The van der Waals surface area contributed by atoms with E-state index in [0.29, 0.717) is 102 Å². The average Bonchev–Trinajstić information content (AvgIpc) is 1.40. The van der Waals surface area contributed by atoms with Gasteiger partial charge in [0.2, 0.25) is 23.5 Å². The van der Waals surface area contributed by atoms with Crippen LogP contribution in [0, 0.1) is 69.2 Å². The second kappa shape index (κ2) is 49.6. The molecular formula is C114H148N8O19S. The number of rotatable bonds is 33. The summed E-state index contributed by atoms with van der Waals surface area (Å²) in [6.45, 7) is 35.8. The number of hydrogen-bond donors (Lipinski definition) is 3. The summed E-state index contributed by atoms with van der Waals surface area (Å²) >= 11 is 0. The summed E-state index contributed by atoms with van der Waals surface area (Å²) in [5.41, 5.74) is 32.9. The number of aliphatic hydroxyl groups excluding tert-OH is 2. The predicted octanol–water partition coefficient (Wildman–Crippen LogP) is 20.4. The zero-order valence-electron chi connectivity index (χ0n) is 85.6. The molecule has 7 fully saturated rings. The Morgan fingerprint density at radius 3 is 0.965 bits per heavy atom. The lowest BCUT2D eigenvalue weighted by Gasteiger charge is -2.36. The van der Waals surface area contributed by atoms with Gasteiger partial charge in [-0.15, -0.1) is 0 Å². The van der Waals surface area contributed by atoms with Gasteiger partial charge in [-0.05, 0) is 354 Å². The molecule has 0 aliphatic carbocycles. The molecule has 3 unspecified atom stereocenters. The number of nitrogen functional groups attached to an aromatic ring is 1. The van der Waals surface area contributed by atoms with Crippen molar-refractivity contribution in [3.63, 3.8) is 0 Å². The Hall–Kier alpha value is -10.3. The molecule has 0 saturated carbocycles. The number of aromatic nitrogens is 7. The van der Waals surface area contributed by atoms with Gasteiger partial charge >= 0.3 is 0 Å². The van der Waals surface area contributed by atoms with Gasteiger partial charge in [-0.25, -0.2) is 19.9 Å². The highest BCUT2D eigenvalue weighted by molar-refractivity contribution is 7.86. The van der Waals surface area contributed by atoms with Crippen LogP contribution in [0.15, 0.2) is 158 Å². The van der Waals surface area contributed by atoms with E-state index < -0.39 is 20.9 Å². The Morgan fingerprint density at radius 1 is 0.352 bits per heavy atom. The standard InChI is InChI=1S/C32H42N2O7S.C31H40N2O5.C31H40N2O4.C20H26N2O3/c1-23-8-11-27(34-24(2)9-10-25(34)3)21-28(23)26-19-29(32(12-15-37-16-13-32)22-41-42(4,35)36)33-30(20-26)38-17-18-40-31-7-5-6-14-39-31;1-22-7-10-26(33-23(2)8-9-24(33)3)20-27(22)25-18-28(31(21-34)11-14-35-15-12-31)32-29(19-25)36-16-17-38-30-6-4-5-13-37-30;1-22-8-11-26(33-23(2)9-10-24(33)3)21-27(22)25-19-28(31(4)12-15-34-16-13-31)32-29(20-25)35-17-18-37-30-7-5-6-14-36-30;1-14-3-4-16(21)13-17(14)15-11-18(20(2)5-8-24-9-6-20)22-19(12-15)25-10-7-23/h8-11,19-21,31H,5-7,12-18,22H2,1-4H3;7-10,18-20,30,34H,4-6,11-17,21H2,1-3H3;8-11,19-21,30H,5-7,12-18H2,1-4H3;3-4,11-13,23H,5-10,21H2,1-2H3. The van der Waals surface area contributed by atoms with Crippen LogP contribution < -0.4 is 24.7 Å². The zero-order chi connectivity index (χ0) is 100.0. The van der Waals surface area contributed by atoms with Crippen molar-refractivity contribution in [3.8, 4) is 85.1 Å². The topological polar surface area (TPSA) is 305 Å². The number of ether oxygens (including phenoxy) is 14. The van der Waals surface area contributed by atoms with Crippen LogP contribution in [0.5, 0.6) is 23.5 Å². The van der Waals surface area contributed by atoms with E-state index in [1.807, 2.05) is 36.4 Å². The number of aryl methyl sites for hydroxylation is 10. The van der Waals surface area contributed by atoms with Crippen LogP contribution in [-0.2, 0) is 83.3 Å². The van der Waals surface area contributed by atoms with Gasteiger partial charge in [0.05, 0.1) is 68.7 Å². The summed E-state index contributed by atoms with van der Waals surface area (Å²) in [5.74, 6) is 2.18. The van der Waals surface area contributed by atoms with Crippen LogP contribution in [0.4, 0.5) is 5.69 Å². The smallest absolute Gasteiger partial charge is 0.264 e. The highest BCUT2D eigenvalue weighted by Crippen LogP contribution is 2.45. The fraction of sp³-hybridized carbons (Fsp3) is 0.509. The van der Waals surface area contributed by atoms with Crippen LogP contribution in [-0.4, -0.2) is 216 Å². The van der Waals surface area contributed by atoms with Crippen molar-refractivity contribution in [1.29, 1.82) is 0 Å². The van der Waals surface area contributed by atoms with Gasteiger partial charge < -0.3 is 96.0 Å². The molecule has 0 amide bonds. The molecule has 11 aromatic rings. The van der Waals surface area contributed by atoms with E-state index in [-0.39, 0.29) is 56.1 Å². The maximum atomic E-state index is 12.0. The summed E-state index contributed by atoms with van der Waals surface area (Å²) in [6.07, 6.45) is 16.4. The number of nitrogens with two attached hydrogens (primary N) is 1. The first-order valence-electron chi connectivity index (χ1n) is 50.9. The van der Waals surface area contributed by atoms with Crippen molar-refractivity contribution in [1.82, 2.24) is 33.6 Å². The molecule has 7 aliphatic rings. The third-order valence-corrected chi connectivity index (χ3v) is 29.4. The zero-order valence-corrected chi connectivity index (χ0v) is 86.4. The van der Waals surface area contributed by atoms with Crippen molar-refractivity contribution in [3.05, 3.63) is 237 Å². The lowest BCUT2D eigenvalue weighted by atomic mass is 9.77. The van der Waals surface area contributed by atoms with E-state index in [2.05, 4.69) is 218 Å². The monoisotopic (exact) mass is 1970 g/mol. The summed E-state index contributed by atoms with van der Waals surface area (Å²) in [6, 6.07) is 55.0. The maximum Gasteiger partial charge on any atom is 0.264 e. The third-order valence-electron chi connectivity index (χ3n) is 28.9. The fourth-order valence-electron chi connectivity index (χ4n) is 20.0. The Balaban J connectivity index is 0.000000145. The highest BCUT2D eigenvalue weighted by atomic mass is 32.2. The van der Waals surface area contributed by atoms with Crippen LogP contribution in [0.25, 0.3) is 61.6 Å². The van der Waals surface area contributed by atoms with Gasteiger partial charge in [-0.3, -0.25) is 4.18 Å². The first-order valence-corrected chi connectivity index (χ1v) is 52.7. The van der Waals surface area contributed by atoms with Crippen LogP contribution in [0.1, 0.15) is 202 Å². The molecule has 18 rings (SSSR count). The second-order valence-electron chi connectivity index (χ2n) is 39.6. The molecule has 7 saturated heterocycles. The van der Waals surface area contributed by atoms with Crippen molar-refractivity contribution in [2.24, 2.45) is 0 Å². The average molecular weight is 1970 g/mol. The van der Waals surface area contributed by atoms with Gasteiger partial charge in [-0.2, -0.15) is 8.42 Å². The van der Waals surface area contributed by atoms with Gasteiger partial charge in [0, 0.05) is 176 Å². The van der Waals surface area contributed by atoms with Crippen molar-refractivity contribution in [2.75, 3.05) is 151 Å². The molecule has 0 spiro atoms. The molecule has 3 atom stereocenters. The first kappa shape index (κ1) is 106.